The van der Waals surface area contributed by atoms with Crippen LogP contribution in [0.4, 0.5) is 0 Å². The summed E-state index contributed by atoms with van der Waals surface area (Å²) in [6, 6.07) is 0. The Kier molecular flexibility index (Phi) is 4.04. The van der Waals surface area contributed by atoms with Crippen LogP contribution in [-0.2, 0) is 0 Å². The first-order chi connectivity index (χ1) is 7.31. The second kappa shape index (κ2) is 5.31. The average Bonchev–Trinajstić information content (AvgIpc) is 3.02. The number of likely N-dealkylation sites (tertiary alicyclic amines) is 1. The molecule has 1 saturated heterocycles. The van der Waals surface area contributed by atoms with E-state index in [-0.39, 0.29) is 0 Å². The van der Waals surface area contributed by atoms with Crippen LogP contribution in [0.25, 0.3) is 0 Å². The molecule has 1 heterocycles. The van der Waals surface area contributed by atoms with Gasteiger partial charge < -0.3 is 10.0 Å². The molecule has 15 heavy (non-hydrogen) atoms. The van der Waals surface area contributed by atoms with E-state index in [4.69, 9.17) is 5.11 Å². The van der Waals surface area contributed by atoms with Crippen LogP contribution >= 0.6 is 0 Å². The molecule has 2 atom stereocenters. The smallest absolute Gasteiger partial charge is 0.0433 e. The second-order valence-corrected chi connectivity index (χ2v) is 5.51. The molecule has 1 N–H and O–H groups in total. The van der Waals surface area contributed by atoms with Gasteiger partial charge in [0.15, 0.2) is 0 Å². The van der Waals surface area contributed by atoms with Crippen molar-refractivity contribution in [3.63, 3.8) is 0 Å². The fourth-order valence-corrected chi connectivity index (χ4v) is 3.22. The van der Waals surface area contributed by atoms with E-state index in [0.29, 0.717) is 6.61 Å². The Labute approximate surface area is 93.7 Å². The summed E-state index contributed by atoms with van der Waals surface area (Å²) in [4.78, 5) is 2.46. The van der Waals surface area contributed by atoms with Crippen molar-refractivity contribution in [2.24, 2.45) is 17.8 Å². The molecule has 2 aliphatic rings. The molecule has 88 valence electrons. The first-order valence-corrected chi connectivity index (χ1v) is 6.60. The minimum atomic E-state index is 0.396. The number of hydrogen-bond acceptors (Lipinski definition) is 2. The van der Waals surface area contributed by atoms with Gasteiger partial charge in [0.2, 0.25) is 0 Å². The highest BCUT2D eigenvalue weighted by Crippen LogP contribution is 2.44. The zero-order valence-electron chi connectivity index (χ0n) is 9.99. The lowest BCUT2D eigenvalue weighted by atomic mass is 9.81. The van der Waals surface area contributed by atoms with Gasteiger partial charge in [-0.25, -0.2) is 0 Å². The summed E-state index contributed by atoms with van der Waals surface area (Å²) in [6.07, 6.45) is 8.02. The van der Waals surface area contributed by atoms with Gasteiger partial charge in [0.25, 0.3) is 0 Å². The lowest BCUT2D eigenvalue weighted by Crippen LogP contribution is -2.22. The van der Waals surface area contributed by atoms with Gasteiger partial charge in [-0.1, -0.05) is 0 Å². The van der Waals surface area contributed by atoms with Crippen LogP contribution in [0.5, 0.6) is 0 Å². The summed E-state index contributed by atoms with van der Waals surface area (Å²) < 4.78 is 0. The van der Waals surface area contributed by atoms with E-state index in [0.717, 1.165) is 24.2 Å². The fraction of sp³-hybridized carbons (Fsp3) is 1.00. The van der Waals surface area contributed by atoms with Crippen LogP contribution in [0, 0.1) is 17.8 Å². The molecule has 1 aliphatic heterocycles. The van der Waals surface area contributed by atoms with Crippen molar-refractivity contribution < 1.29 is 5.11 Å². The van der Waals surface area contributed by atoms with E-state index in [2.05, 4.69) is 11.9 Å². The third kappa shape index (κ3) is 3.18. The molecule has 0 spiro atoms. The number of nitrogens with zero attached hydrogens (tertiary/aromatic N) is 1. The standard InChI is InChI=1S/C13H25NO/c1-14-8-2-3-11(6-9-14)13(7-10-15)12-4-5-12/h11-13,15H,2-10H2,1H3. The fourth-order valence-electron chi connectivity index (χ4n) is 3.22. The first kappa shape index (κ1) is 11.4. The highest BCUT2D eigenvalue weighted by molar-refractivity contribution is 4.86. The Hall–Kier alpha value is -0.0800. The van der Waals surface area contributed by atoms with Crippen LogP contribution in [0.2, 0.25) is 0 Å². The summed E-state index contributed by atoms with van der Waals surface area (Å²) >= 11 is 0. The van der Waals surface area contributed by atoms with Crippen molar-refractivity contribution in [2.45, 2.75) is 38.5 Å². The molecule has 1 aliphatic carbocycles. The zero-order valence-corrected chi connectivity index (χ0v) is 9.99. The predicted molar refractivity (Wildman–Crippen MR) is 62.8 cm³/mol. The van der Waals surface area contributed by atoms with Gasteiger partial charge in [-0.3, -0.25) is 0 Å². The number of hydrogen-bond donors (Lipinski definition) is 1. The summed E-state index contributed by atoms with van der Waals surface area (Å²) in [5.41, 5.74) is 0. The molecule has 2 heteroatoms. The van der Waals surface area contributed by atoms with Crippen molar-refractivity contribution in [2.75, 3.05) is 26.7 Å². The van der Waals surface area contributed by atoms with E-state index in [1.54, 1.807) is 0 Å². The largest absolute Gasteiger partial charge is 0.396 e. The summed E-state index contributed by atoms with van der Waals surface area (Å²) in [5.74, 6) is 2.70. The van der Waals surface area contributed by atoms with Gasteiger partial charge in [-0.15, -0.1) is 0 Å². The van der Waals surface area contributed by atoms with Gasteiger partial charge >= 0.3 is 0 Å². The third-order valence-corrected chi connectivity index (χ3v) is 4.29. The molecule has 0 aromatic heterocycles. The van der Waals surface area contributed by atoms with E-state index >= 15 is 0 Å². The molecule has 1 saturated carbocycles. The summed E-state index contributed by atoms with van der Waals surface area (Å²) in [6.45, 7) is 2.93. The lowest BCUT2D eigenvalue weighted by molar-refractivity contribution is 0.188. The van der Waals surface area contributed by atoms with Crippen LogP contribution < -0.4 is 0 Å². The minimum Gasteiger partial charge on any atom is -0.396 e. The van der Waals surface area contributed by atoms with Gasteiger partial charge in [-0.2, -0.15) is 0 Å². The molecule has 0 radical (unpaired) electrons. The molecule has 0 aromatic carbocycles. The Bertz CT molecular complexity index is 191. The Morgan fingerprint density at radius 3 is 2.53 bits per heavy atom. The molecule has 0 amide bonds. The molecule has 2 nitrogen and oxygen atoms in total. The highest BCUT2D eigenvalue weighted by Gasteiger charge is 2.36. The molecule has 0 bridgehead atoms. The van der Waals surface area contributed by atoms with E-state index in [1.807, 2.05) is 0 Å². The maximum absolute atomic E-state index is 9.16. The number of aliphatic hydroxyl groups is 1. The number of aliphatic hydroxyl groups excluding tert-OH is 1. The SMILES string of the molecule is CN1CCCC(C(CCO)C2CC2)CC1. The monoisotopic (exact) mass is 211 g/mol. The second-order valence-electron chi connectivity index (χ2n) is 5.51. The third-order valence-electron chi connectivity index (χ3n) is 4.29. The maximum Gasteiger partial charge on any atom is 0.0433 e. The van der Waals surface area contributed by atoms with E-state index in [1.165, 1.54) is 45.2 Å². The molecule has 2 fully saturated rings. The summed E-state index contributed by atoms with van der Waals surface area (Å²) in [7, 11) is 2.24. The van der Waals surface area contributed by atoms with Crippen LogP contribution in [0.1, 0.15) is 38.5 Å². The topological polar surface area (TPSA) is 23.5 Å². The number of rotatable bonds is 4. The maximum atomic E-state index is 9.16. The average molecular weight is 211 g/mol. The van der Waals surface area contributed by atoms with Gasteiger partial charge in [0.05, 0.1) is 0 Å². The molecule has 2 rings (SSSR count). The Morgan fingerprint density at radius 2 is 1.87 bits per heavy atom. The van der Waals surface area contributed by atoms with Crippen LogP contribution in [0.15, 0.2) is 0 Å². The quantitative estimate of drug-likeness (QED) is 0.770. The Balaban J connectivity index is 1.87. The normalized spacial score (nSPS) is 31.2. The molecule has 0 aromatic rings. The minimum absolute atomic E-state index is 0.396. The summed E-state index contributed by atoms with van der Waals surface area (Å²) in [5, 5.41) is 9.16. The molecular weight excluding hydrogens is 186 g/mol. The van der Waals surface area contributed by atoms with Gasteiger partial charge in [0.1, 0.15) is 0 Å². The van der Waals surface area contributed by atoms with Crippen LogP contribution in [0.3, 0.4) is 0 Å². The predicted octanol–water partition coefficient (Wildman–Crippen LogP) is 2.13. The zero-order chi connectivity index (χ0) is 10.7. The Morgan fingerprint density at radius 1 is 1.13 bits per heavy atom. The lowest BCUT2D eigenvalue weighted by Gasteiger charge is -2.25. The molecular formula is C13H25NO. The van der Waals surface area contributed by atoms with Crippen molar-refractivity contribution in [3.05, 3.63) is 0 Å². The van der Waals surface area contributed by atoms with E-state index < -0.39 is 0 Å². The first-order valence-electron chi connectivity index (χ1n) is 6.60. The van der Waals surface area contributed by atoms with Gasteiger partial charge in [-0.05, 0) is 76.4 Å². The van der Waals surface area contributed by atoms with Crippen molar-refractivity contribution in [3.8, 4) is 0 Å². The van der Waals surface area contributed by atoms with Gasteiger partial charge in [0, 0.05) is 6.61 Å². The van der Waals surface area contributed by atoms with Crippen molar-refractivity contribution >= 4 is 0 Å². The van der Waals surface area contributed by atoms with Crippen molar-refractivity contribution in [1.82, 2.24) is 4.90 Å². The van der Waals surface area contributed by atoms with Crippen LogP contribution in [-0.4, -0.2) is 36.8 Å². The van der Waals surface area contributed by atoms with E-state index in [9.17, 15) is 0 Å². The van der Waals surface area contributed by atoms with Crippen molar-refractivity contribution in [1.29, 1.82) is 0 Å². The molecule has 2 unspecified atom stereocenters. The highest BCUT2D eigenvalue weighted by atomic mass is 16.3.